The van der Waals surface area contributed by atoms with Crippen molar-refractivity contribution in [2.45, 2.75) is 6.92 Å². The summed E-state index contributed by atoms with van der Waals surface area (Å²) in [7, 11) is 0. The summed E-state index contributed by atoms with van der Waals surface area (Å²) in [4.78, 5) is 11.6. The van der Waals surface area contributed by atoms with Crippen LogP contribution in [0.3, 0.4) is 0 Å². The number of nitrogens with one attached hydrogen (secondary N) is 1. The third kappa shape index (κ3) is 3.46. The van der Waals surface area contributed by atoms with Gasteiger partial charge in [-0.3, -0.25) is 5.32 Å². The van der Waals surface area contributed by atoms with Gasteiger partial charge in [-0.15, -0.1) is 0 Å². The summed E-state index contributed by atoms with van der Waals surface area (Å²) in [5, 5.41) is 2.69. The fraction of sp³-hybridized carbons (Fsp3) is 0.0714. The van der Waals surface area contributed by atoms with Gasteiger partial charge in [-0.05, 0) is 59.3 Å². The van der Waals surface area contributed by atoms with E-state index in [9.17, 15) is 4.79 Å². The number of ether oxygens (including phenoxy) is 1. The molecule has 2 rings (SSSR count). The highest BCUT2D eigenvalue weighted by Gasteiger charge is 2.05. The van der Waals surface area contributed by atoms with Crippen LogP contribution in [0.4, 0.5) is 10.5 Å². The van der Waals surface area contributed by atoms with Crippen molar-refractivity contribution in [3.05, 3.63) is 57.7 Å². The molecule has 0 radical (unpaired) electrons. The third-order valence-electron chi connectivity index (χ3n) is 2.37. The van der Waals surface area contributed by atoms with E-state index in [2.05, 4.69) is 27.9 Å². The zero-order valence-corrected chi connectivity index (χ0v) is 12.0. The molecule has 0 bridgehead atoms. The molecule has 2 aromatic rings. The lowest BCUT2D eigenvalue weighted by molar-refractivity contribution is 0.215. The minimum atomic E-state index is -0.485. The van der Waals surface area contributed by atoms with Crippen molar-refractivity contribution in [2.24, 2.45) is 0 Å². The molecule has 1 N–H and O–H groups in total. The van der Waals surface area contributed by atoms with Gasteiger partial charge < -0.3 is 4.74 Å². The zero-order chi connectivity index (χ0) is 13.0. The average Bonchev–Trinajstić information content (AvgIpc) is 2.35. The number of hydrogen-bond acceptors (Lipinski definition) is 2. The monoisotopic (exact) mass is 353 g/mol. The van der Waals surface area contributed by atoms with Gasteiger partial charge in [0, 0.05) is 9.26 Å². The number of aryl methyl sites for hydroxylation is 1. The molecule has 0 saturated carbocycles. The van der Waals surface area contributed by atoms with Gasteiger partial charge in [-0.25, -0.2) is 4.79 Å². The predicted molar refractivity (Wildman–Crippen MR) is 80.0 cm³/mol. The second-order valence-electron chi connectivity index (χ2n) is 3.79. The second kappa shape index (κ2) is 5.86. The summed E-state index contributed by atoms with van der Waals surface area (Å²) in [5.41, 5.74) is 1.91. The molecule has 3 nitrogen and oxygen atoms in total. The highest BCUT2D eigenvalue weighted by molar-refractivity contribution is 14.1. The van der Waals surface area contributed by atoms with Crippen molar-refractivity contribution in [1.82, 2.24) is 0 Å². The van der Waals surface area contributed by atoms with Crippen LogP contribution in [-0.4, -0.2) is 6.09 Å². The number of carbonyl (C=O) groups is 1. The third-order valence-corrected chi connectivity index (χ3v) is 3.53. The summed E-state index contributed by atoms with van der Waals surface area (Å²) in [5.74, 6) is 0.525. The van der Waals surface area contributed by atoms with Gasteiger partial charge in [-0.1, -0.05) is 24.3 Å². The Kier molecular flexibility index (Phi) is 4.19. The number of benzene rings is 2. The topological polar surface area (TPSA) is 38.3 Å². The molecule has 18 heavy (non-hydrogen) atoms. The van der Waals surface area contributed by atoms with Crippen molar-refractivity contribution in [3.8, 4) is 5.75 Å². The van der Waals surface area contributed by atoms with E-state index in [1.165, 1.54) is 5.56 Å². The molecule has 0 saturated heterocycles. The molecule has 0 unspecified atom stereocenters. The Morgan fingerprint density at radius 3 is 2.56 bits per heavy atom. The van der Waals surface area contributed by atoms with Crippen LogP contribution in [0.5, 0.6) is 5.75 Å². The maximum Gasteiger partial charge on any atom is 0.417 e. The quantitative estimate of drug-likeness (QED) is 0.822. The smallest absolute Gasteiger partial charge is 0.410 e. The summed E-state index contributed by atoms with van der Waals surface area (Å²) in [6, 6.07) is 14.7. The number of anilines is 1. The van der Waals surface area contributed by atoms with Crippen molar-refractivity contribution in [2.75, 3.05) is 5.32 Å². The van der Waals surface area contributed by atoms with E-state index in [1.807, 2.05) is 43.3 Å². The maximum absolute atomic E-state index is 11.6. The molecule has 0 aliphatic rings. The fourth-order valence-corrected chi connectivity index (χ4v) is 1.92. The van der Waals surface area contributed by atoms with Gasteiger partial charge in [-0.2, -0.15) is 0 Å². The van der Waals surface area contributed by atoms with E-state index in [4.69, 9.17) is 4.74 Å². The molecule has 0 atom stereocenters. The minimum absolute atomic E-state index is 0.485. The zero-order valence-electron chi connectivity index (χ0n) is 9.81. The SMILES string of the molecule is Cc1ccc(NC(=O)Oc2ccccc2)cc1I. The second-order valence-corrected chi connectivity index (χ2v) is 4.95. The lowest BCUT2D eigenvalue weighted by Crippen LogP contribution is -2.16. The van der Waals surface area contributed by atoms with Gasteiger partial charge in [0.25, 0.3) is 0 Å². The highest BCUT2D eigenvalue weighted by atomic mass is 127. The van der Waals surface area contributed by atoms with Crippen LogP contribution >= 0.6 is 22.6 Å². The van der Waals surface area contributed by atoms with Crippen LogP contribution in [-0.2, 0) is 0 Å². The Balaban J connectivity index is 2.01. The Morgan fingerprint density at radius 1 is 1.17 bits per heavy atom. The summed E-state index contributed by atoms with van der Waals surface area (Å²) >= 11 is 2.23. The summed E-state index contributed by atoms with van der Waals surface area (Å²) in [6.45, 7) is 2.02. The fourth-order valence-electron chi connectivity index (χ4n) is 1.41. The first-order chi connectivity index (χ1) is 8.65. The number of amides is 1. The largest absolute Gasteiger partial charge is 0.417 e. The van der Waals surface area contributed by atoms with Gasteiger partial charge in [0.05, 0.1) is 0 Å². The Bertz CT molecular complexity index is 555. The normalized spacial score (nSPS) is 9.89. The Morgan fingerprint density at radius 2 is 1.89 bits per heavy atom. The van der Waals surface area contributed by atoms with E-state index < -0.39 is 6.09 Å². The van der Waals surface area contributed by atoms with E-state index in [0.717, 1.165) is 9.26 Å². The van der Waals surface area contributed by atoms with E-state index >= 15 is 0 Å². The van der Waals surface area contributed by atoms with Gasteiger partial charge in [0.2, 0.25) is 0 Å². The first-order valence-corrected chi connectivity index (χ1v) is 6.53. The Labute approximate surface area is 119 Å². The Hall–Kier alpha value is -1.56. The molecule has 0 fully saturated rings. The van der Waals surface area contributed by atoms with Crippen LogP contribution in [0.1, 0.15) is 5.56 Å². The van der Waals surface area contributed by atoms with Gasteiger partial charge in [0.1, 0.15) is 5.75 Å². The number of carbonyl (C=O) groups excluding carboxylic acids is 1. The van der Waals surface area contributed by atoms with Crippen LogP contribution in [0.2, 0.25) is 0 Å². The van der Waals surface area contributed by atoms with Crippen molar-refractivity contribution in [1.29, 1.82) is 0 Å². The number of halogens is 1. The molecule has 92 valence electrons. The average molecular weight is 353 g/mol. The van der Waals surface area contributed by atoms with Crippen molar-refractivity contribution < 1.29 is 9.53 Å². The predicted octanol–water partition coefficient (Wildman–Crippen LogP) is 4.21. The highest BCUT2D eigenvalue weighted by Crippen LogP contribution is 2.17. The van der Waals surface area contributed by atoms with Gasteiger partial charge >= 0.3 is 6.09 Å². The lowest BCUT2D eigenvalue weighted by atomic mass is 10.2. The van der Waals surface area contributed by atoms with Crippen LogP contribution < -0.4 is 10.1 Å². The number of hydrogen-bond donors (Lipinski definition) is 1. The van der Waals surface area contributed by atoms with E-state index in [0.29, 0.717) is 5.75 Å². The molecule has 1 amide bonds. The van der Waals surface area contributed by atoms with Crippen LogP contribution in [0.25, 0.3) is 0 Å². The molecule has 0 aliphatic carbocycles. The molecular formula is C14H12INO2. The molecule has 0 heterocycles. The maximum atomic E-state index is 11.6. The van der Waals surface area contributed by atoms with Crippen molar-refractivity contribution in [3.63, 3.8) is 0 Å². The molecular weight excluding hydrogens is 341 g/mol. The lowest BCUT2D eigenvalue weighted by Gasteiger charge is -2.07. The van der Waals surface area contributed by atoms with Gasteiger partial charge in [0.15, 0.2) is 0 Å². The van der Waals surface area contributed by atoms with E-state index in [-0.39, 0.29) is 0 Å². The molecule has 2 aromatic carbocycles. The first kappa shape index (κ1) is 12.9. The molecule has 0 aliphatic heterocycles. The van der Waals surface area contributed by atoms with E-state index in [1.54, 1.807) is 12.1 Å². The standard InChI is InChI=1S/C14H12INO2/c1-10-7-8-11(9-13(10)15)16-14(17)18-12-5-3-2-4-6-12/h2-9H,1H3,(H,16,17). The van der Waals surface area contributed by atoms with Crippen LogP contribution in [0.15, 0.2) is 48.5 Å². The van der Waals surface area contributed by atoms with Crippen molar-refractivity contribution >= 4 is 34.4 Å². The number of rotatable bonds is 2. The molecule has 0 aromatic heterocycles. The first-order valence-electron chi connectivity index (χ1n) is 5.45. The molecule has 4 heteroatoms. The van der Waals surface area contributed by atoms with Crippen LogP contribution in [0, 0.1) is 10.5 Å². The molecule has 0 spiro atoms. The number of para-hydroxylation sites is 1. The summed E-state index contributed by atoms with van der Waals surface area (Å²) < 4.78 is 6.24. The minimum Gasteiger partial charge on any atom is -0.410 e. The summed E-state index contributed by atoms with van der Waals surface area (Å²) in [6.07, 6.45) is -0.485.